The molecule has 3 rings (SSSR count). The average molecular weight is 262 g/mol. The van der Waals surface area contributed by atoms with E-state index in [4.69, 9.17) is 0 Å². The second-order valence-corrected chi connectivity index (χ2v) is 5.58. The molecule has 2 fully saturated rings. The number of hydrogen-bond acceptors (Lipinski definition) is 4. The SMILES string of the molecule is O=c1cc(N2CCCCC2)cnn1C[C@@H]1CCCN1. The minimum Gasteiger partial charge on any atom is -0.370 e. The Bertz CT molecular complexity index is 473. The Hall–Kier alpha value is -1.36. The molecule has 1 N–H and O–H groups in total. The number of nitrogens with zero attached hydrogens (tertiary/aromatic N) is 3. The van der Waals surface area contributed by atoms with Crippen LogP contribution in [-0.2, 0) is 6.54 Å². The first-order chi connectivity index (χ1) is 9.33. The van der Waals surface area contributed by atoms with Crippen molar-refractivity contribution in [3.05, 3.63) is 22.6 Å². The zero-order chi connectivity index (χ0) is 13.1. The molecule has 2 aliphatic rings. The molecule has 0 saturated carbocycles. The zero-order valence-electron chi connectivity index (χ0n) is 11.3. The first-order valence-electron chi connectivity index (χ1n) is 7.38. The van der Waals surface area contributed by atoms with Crippen molar-refractivity contribution in [3.63, 3.8) is 0 Å². The van der Waals surface area contributed by atoms with Crippen LogP contribution in [0.5, 0.6) is 0 Å². The summed E-state index contributed by atoms with van der Waals surface area (Å²) in [6.45, 7) is 3.86. The maximum atomic E-state index is 12.1. The molecule has 19 heavy (non-hydrogen) atoms. The number of rotatable bonds is 3. The Morgan fingerprint density at radius 3 is 2.79 bits per heavy atom. The molecule has 0 spiro atoms. The van der Waals surface area contributed by atoms with Gasteiger partial charge in [-0.25, -0.2) is 4.68 Å². The third-order valence-corrected chi connectivity index (χ3v) is 4.13. The van der Waals surface area contributed by atoms with Gasteiger partial charge in [-0.05, 0) is 38.6 Å². The average Bonchev–Trinajstić information content (AvgIpc) is 2.95. The molecule has 1 atom stereocenters. The van der Waals surface area contributed by atoms with Crippen LogP contribution in [0, 0.1) is 0 Å². The fraction of sp³-hybridized carbons (Fsp3) is 0.714. The van der Waals surface area contributed by atoms with Gasteiger partial charge in [0.1, 0.15) is 0 Å². The summed E-state index contributed by atoms with van der Waals surface area (Å²) in [5.41, 5.74) is 1.01. The van der Waals surface area contributed by atoms with Crippen LogP contribution in [0.1, 0.15) is 32.1 Å². The number of piperidine rings is 1. The Morgan fingerprint density at radius 1 is 1.26 bits per heavy atom. The van der Waals surface area contributed by atoms with Crippen molar-refractivity contribution in [2.45, 2.75) is 44.7 Å². The van der Waals surface area contributed by atoms with Gasteiger partial charge in [0.25, 0.3) is 5.56 Å². The third-order valence-electron chi connectivity index (χ3n) is 4.13. The standard InChI is InChI=1S/C14H22N4O/c19-14-9-13(17-7-2-1-3-8-17)10-16-18(14)11-12-5-4-6-15-12/h9-10,12,15H,1-8,11H2/t12-/m0/s1. The van der Waals surface area contributed by atoms with E-state index in [2.05, 4.69) is 15.3 Å². The molecule has 5 nitrogen and oxygen atoms in total. The molecule has 0 aromatic carbocycles. The van der Waals surface area contributed by atoms with Crippen molar-refractivity contribution in [2.24, 2.45) is 0 Å². The number of anilines is 1. The van der Waals surface area contributed by atoms with Crippen molar-refractivity contribution in [2.75, 3.05) is 24.5 Å². The topological polar surface area (TPSA) is 50.2 Å². The van der Waals surface area contributed by atoms with Gasteiger partial charge < -0.3 is 10.2 Å². The summed E-state index contributed by atoms with van der Waals surface area (Å²) in [5, 5.41) is 7.74. The monoisotopic (exact) mass is 262 g/mol. The predicted octanol–water partition coefficient (Wildman–Crippen LogP) is 0.986. The van der Waals surface area contributed by atoms with Crippen molar-refractivity contribution in [1.82, 2.24) is 15.1 Å². The van der Waals surface area contributed by atoms with E-state index in [0.717, 1.165) is 31.7 Å². The van der Waals surface area contributed by atoms with Gasteiger partial charge in [0, 0.05) is 25.2 Å². The lowest BCUT2D eigenvalue weighted by molar-refractivity contribution is 0.458. The molecule has 3 heterocycles. The van der Waals surface area contributed by atoms with Crippen LogP contribution in [0.3, 0.4) is 0 Å². The van der Waals surface area contributed by atoms with Gasteiger partial charge in [-0.15, -0.1) is 0 Å². The zero-order valence-corrected chi connectivity index (χ0v) is 11.3. The van der Waals surface area contributed by atoms with Crippen LogP contribution in [0.4, 0.5) is 5.69 Å². The van der Waals surface area contributed by atoms with Gasteiger partial charge in [-0.1, -0.05) is 0 Å². The van der Waals surface area contributed by atoms with Crippen molar-refractivity contribution >= 4 is 5.69 Å². The number of hydrogen-bond donors (Lipinski definition) is 1. The van der Waals surface area contributed by atoms with Gasteiger partial charge in [0.2, 0.25) is 0 Å². The predicted molar refractivity (Wildman–Crippen MR) is 75.6 cm³/mol. The van der Waals surface area contributed by atoms with Crippen molar-refractivity contribution in [3.8, 4) is 0 Å². The maximum absolute atomic E-state index is 12.1. The van der Waals surface area contributed by atoms with Crippen LogP contribution in [0.2, 0.25) is 0 Å². The molecule has 5 heteroatoms. The van der Waals surface area contributed by atoms with E-state index in [9.17, 15) is 4.79 Å². The highest BCUT2D eigenvalue weighted by Crippen LogP contribution is 2.17. The highest BCUT2D eigenvalue weighted by Gasteiger charge is 2.17. The van der Waals surface area contributed by atoms with Gasteiger partial charge in [0.05, 0.1) is 18.4 Å². The molecule has 2 aliphatic heterocycles. The molecule has 1 aromatic heterocycles. The lowest BCUT2D eigenvalue weighted by Crippen LogP contribution is -2.35. The second-order valence-electron chi connectivity index (χ2n) is 5.58. The summed E-state index contributed by atoms with van der Waals surface area (Å²) < 4.78 is 1.59. The minimum atomic E-state index is 0.0248. The van der Waals surface area contributed by atoms with Crippen molar-refractivity contribution < 1.29 is 0 Å². The van der Waals surface area contributed by atoms with E-state index in [1.165, 1.54) is 25.7 Å². The number of aromatic nitrogens is 2. The summed E-state index contributed by atoms with van der Waals surface area (Å²) in [4.78, 5) is 14.4. The number of nitrogens with one attached hydrogen (secondary N) is 1. The molecule has 0 bridgehead atoms. The fourth-order valence-corrected chi connectivity index (χ4v) is 3.01. The Balaban J connectivity index is 1.71. The van der Waals surface area contributed by atoms with E-state index in [0.29, 0.717) is 12.6 Å². The smallest absolute Gasteiger partial charge is 0.268 e. The molecule has 1 aromatic rings. The van der Waals surface area contributed by atoms with Gasteiger partial charge in [0.15, 0.2) is 0 Å². The van der Waals surface area contributed by atoms with Crippen molar-refractivity contribution in [1.29, 1.82) is 0 Å². The maximum Gasteiger partial charge on any atom is 0.268 e. The molecule has 0 radical (unpaired) electrons. The Kier molecular flexibility index (Phi) is 3.82. The molecule has 0 aliphatic carbocycles. The lowest BCUT2D eigenvalue weighted by Gasteiger charge is -2.28. The first-order valence-corrected chi connectivity index (χ1v) is 7.38. The Morgan fingerprint density at radius 2 is 2.11 bits per heavy atom. The van der Waals surface area contributed by atoms with Gasteiger partial charge in [-0.2, -0.15) is 5.10 Å². The van der Waals surface area contributed by atoms with Crippen LogP contribution >= 0.6 is 0 Å². The van der Waals surface area contributed by atoms with Crippen LogP contribution in [0.15, 0.2) is 17.1 Å². The third kappa shape index (κ3) is 2.97. The van der Waals surface area contributed by atoms with E-state index < -0.39 is 0 Å². The largest absolute Gasteiger partial charge is 0.370 e. The van der Waals surface area contributed by atoms with E-state index in [-0.39, 0.29) is 5.56 Å². The Labute approximate surface area is 113 Å². The minimum absolute atomic E-state index is 0.0248. The normalized spacial score (nSPS) is 23.8. The highest BCUT2D eigenvalue weighted by atomic mass is 16.1. The van der Waals surface area contributed by atoms with E-state index >= 15 is 0 Å². The van der Waals surface area contributed by atoms with Gasteiger partial charge >= 0.3 is 0 Å². The quantitative estimate of drug-likeness (QED) is 0.882. The van der Waals surface area contributed by atoms with Crippen LogP contribution < -0.4 is 15.8 Å². The highest BCUT2D eigenvalue weighted by molar-refractivity contribution is 5.43. The molecular weight excluding hydrogens is 240 g/mol. The van der Waals surface area contributed by atoms with Gasteiger partial charge in [-0.3, -0.25) is 4.79 Å². The molecule has 2 saturated heterocycles. The summed E-state index contributed by atoms with van der Waals surface area (Å²) in [6.07, 6.45) is 7.92. The summed E-state index contributed by atoms with van der Waals surface area (Å²) in [5.74, 6) is 0. The molecule has 104 valence electrons. The fourth-order valence-electron chi connectivity index (χ4n) is 3.01. The van der Waals surface area contributed by atoms with E-state index in [1.54, 1.807) is 10.7 Å². The van der Waals surface area contributed by atoms with E-state index in [1.807, 2.05) is 6.20 Å². The molecular formula is C14H22N4O. The van der Waals surface area contributed by atoms with Crippen LogP contribution in [-0.4, -0.2) is 35.5 Å². The summed E-state index contributed by atoms with van der Waals surface area (Å²) >= 11 is 0. The molecule has 0 amide bonds. The lowest BCUT2D eigenvalue weighted by atomic mass is 10.1. The summed E-state index contributed by atoms with van der Waals surface area (Å²) in [6, 6.07) is 2.15. The first kappa shape index (κ1) is 12.7. The summed E-state index contributed by atoms with van der Waals surface area (Å²) in [7, 11) is 0. The second kappa shape index (κ2) is 5.74. The van der Waals surface area contributed by atoms with Crippen LogP contribution in [0.25, 0.3) is 0 Å². The molecule has 0 unspecified atom stereocenters.